The van der Waals surface area contributed by atoms with Crippen LogP contribution in [-0.4, -0.2) is 70.5 Å². The van der Waals surface area contributed by atoms with Gasteiger partial charge in [-0.05, 0) is 34.6 Å². The number of hydrogen-bond donors (Lipinski definition) is 4. The van der Waals surface area contributed by atoms with E-state index in [0.717, 1.165) is 0 Å². The highest BCUT2D eigenvalue weighted by molar-refractivity contribution is 5.91. The monoisotopic (exact) mass is 326 g/mol. The topological polar surface area (TPSA) is 134 Å². The average Bonchev–Trinajstić information content (AvgIpc) is 2.40. The molecule has 0 saturated carbocycles. The Bertz CT molecular complexity index is 242. The van der Waals surface area contributed by atoms with Crippen LogP contribution in [-0.2, 0) is 19.1 Å². The van der Waals surface area contributed by atoms with Crippen LogP contribution in [0.4, 0.5) is 0 Å². The van der Waals surface area contributed by atoms with E-state index >= 15 is 0 Å². The van der Waals surface area contributed by atoms with Gasteiger partial charge in [-0.2, -0.15) is 0 Å². The standard InChI is InChI=1S/C7H12O4.C4H10O2.C3H8O2/c1-3-10-6(8)5-7(9)11-4-2;1-3(5)4(2)6;1-3(5)2-4/h3-5H2,1-2H3;3-6H,1-2H3;3-5H,2H2,1H3. The smallest absolute Gasteiger partial charge is 0.317 e. The summed E-state index contributed by atoms with van der Waals surface area (Å²) in [4.78, 5) is 21.2. The molecule has 3 atom stereocenters. The summed E-state index contributed by atoms with van der Waals surface area (Å²) in [5.74, 6) is -1.07. The van der Waals surface area contributed by atoms with Crippen molar-refractivity contribution in [2.45, 2.75) is 59.4 Å². The van der Waals surface area contributed by atoms with Crippen LogP contribution in [0.15, 0.2) is 0 Å². The maximum Gasteiger partial charge on any atom is 0.317 e. The van der Waals surface area contributed by atoms with Gasteiger partial charge in [0.15, 0.2) is 0 Å². The van der Waals surface area contributed by atoms with Gasteiger partial charge in [-0.15, -0.1) is 0 Å². The molecule has 8 nitrogen and oxygen atoms in total. The molecule has 134 valence electrons. The van der Waals surface area contributed by atoms with Gasteiger partial charge in [0, 0.05) is 0 Å². The molecule has 0 aliphatic carbocycles. The summed E-state index contributed by atoms with van der Waals surface area (Å²) < 4.78 is 9.04. The number of aliphatic hydroxyl groups excluding tert-OH is 4. The third kappa shape index (κ3) is 27.2. The minimum absolute atomic E-state index is 0.139. The van der Waals surface area contributed by atoms with E-state index in [1.165, 1.54) is 6.92 Å². The predicted octanol–water partition coefficient (Wildman–Crippen LogP) is -0.390. The van der Waals surface area contributed by atoms with E-state index in [2.05, 4.69) is 9.47 Å². The molecule has 0 bridgehead atoms. The summed E-state index contributed by atoms with van der Waals surface area (Å²) in [5.41, 5.74) is 0. The molecule has 4 N–H and O–H groups in total. The summed E-state index contributed by atoms with van der Waals surface area (Å²) in [6, 6.07) is 0. The summed E-state index contributed by atoms with van der Waals surface area (Å²) in [7, 11) is 0. The van der Waals surface area contributed by atoms with E-state index in [-0.39, 0.29) is 26.2 Å². The normalized spacial score (nSPS) is 13.3. The van der Waals surface area contributed by atoms with Crippen molar-refractivity contribution in [3.05, 3.63) is 0 Å². The summed E-state index contributed by atoms with van der Waals surface area (Å²) >= 11 is 0. The first-order valence-corrected chi connectivity index (χ1v) is 7.08. The molecule has 0 aromatic rings. The molecule has 0 aliphatic rings. The Morgan fingerprint density at radius 3 is 1.27 bits per heavy atom. The number of ether oxygens (including phenoxy) is 2. The maximum atomic E-state index is 10.6. The number of esters is 2. The lowest BCUT2D eigenvalue weighted by Crippen LogP contribution is -2.17. The minimum atomic E-state index is -0.593. The van der Waals surface area contributed by atoms with Crippen molar-refractivity contribution in [1.29, 1.82) is 0 Å². The molecule has 0 aromatic carbocycles. The Labute approximate surface area is 131 Å². The van der Waals surface area contributed by atoms with Crippen molar-refractivity contribution < 1.29 is 39.5 Å². The molecule has 8 heteroatoms. The fourth-order valence-electron chi connectivity index (χ4n) is 0.542. The van der Waals surface area contributed by atoms with Crippen LogP contribution in [0.5, 0.6) is 0 Å². The van der Waals surface area contributed by atoms with E-state index in [1.54, 1.807) is 27.7 Å². The van der Waals surface area contributed by atoms with Crippen LogP contribution in [0.1, 0.15) is 41.0 Å². The Balaban J connectivity index is -0.000000277. The molecule has 22 heavy (non-hydrogen) atoms. The molecular weight excluding hydrogens is 296 g/mol. The van der Waals surface area contributed by atoms with E-state index < -0.39 is 30.3 Å². The van der Waals surface area contributed by atoms with Gasteiger partial charge < -0.3 is 29.9 Å². The quantitative estimate of drug-likeness (QED) is 0.383. The minimum Gasteiger partial charge on any atom is -0.466 e. The van der Waals surface area contributed by atoms with Crippen molar-refractivity contribution in [1.82, 2.24) is 0 Å². The molecule has 0 aliphatic heterocycles. The second-order valence-electron chi connectivity index (χ2n) is 4.30. The fraction of sp³-hybridized carbons (Fsp3) is 0.857. The number of aliphatic hydroxyl groups is 4. The Hall–Kier alpha value is -1.22. The molecule has 0 aromatic heterocycles. The van der Waals surface area contributed by atoms with Gasteiger partial charge in [-0.25, -0.2) is 0 Å². The number of carbonyl (C=O) groups excluding carboxylic acids is 2. The van der Waals surface area contributed by atoms with Gasteiger partial charge in [0.05, 0.1) is 38.1 Å². The lowest BCUT2D eigenvalue weighted by molar-refractivity contribution is -0.153. The van der Waals surface area contributed by atoms with Crippen molar-refractivity contribution in [2.75, 3.05) is 19.8 Å². The number of hydrogen-bond acceptors (Lipinski definition) is 8. The van der Waals surface area contributed by atoms with Gasteiger partial charge in [0.1, 0.15) is 6.42 Å². The highest BCUT2D eigenvalue weighted by atomic mass is 16.6. The van der Waals surface area contributed by atoms with Crippen molar-refractivity contribution in [2.24, 2.45) is 0 Å². The summed E-state index contributed by atoms with van der Waals surface area (Å²) in [6.45, 7) is 8.43. The molecule has 0 fully saturated rings. The second kappa shape index (κ2) is 17.8. The van der Waals surface area contributed by atoms with Crippen LogP contribution in [0.3, 0.4) is 0 Å². The van der Waals surface area contributed by atoms with Crippen LogP contribution in [0.2, 0.25) is 0 Å². The van der Waals surface area contributed by atoms with Crippen molar-refractivity contribution in [3.63, 3.8) is 0 Å². The van der Waals surface area contributed by atoms with E-state index in [0.29, 0.717) is 0 Å². The molecule has 0 radical (unpaired) electrons. The maximum absolute atomic E-state index is 10.6. The van der Waals surface area contributed by atoms with Crippen LogP contribution < -0.4 is 0 Å². The molecule has 0 heterocycles. The molecule has 3 unspecified atom stereocenters. The molecule has 0 amide bonds. The Morgan fingerprint density at radius 1 is 0.864 bits per heavy atom. The molecule has 0 rings (SSSR count). The Morgan fingerprint density at radius 2 is 1.14 bits per heavy atom. The fourth-order valence-corrected chi connectivity index (χ4v) is 0.542. The molecule has 0 spiro atoms. The van der Waals surface area contributed by atoms with Crippen LogP contribution >= 0.6 is 0 Å². The average molecular weight is 326 g/mol. The largest absolute Gasteiger partial charge is 0.466 e. The zero-order valence-electron chi connectivity index (χ0n) is 14.0. The zero-order valence-corrected chi connectivity index (χ0v) is 14.0. The van der Waals surface area contributed by atoms with Crippen LogP contribution in [0.25, 0.3) is 0 Å². The van der Waals surface area contributed by atoms with Gasteiger partial charge in [-0.3, -0.25) is 9.59 Å². The number of carbonyl (C=O) groups is 2. The summed E-state index contributed by atoms with van der Waals surface area (Å²) in [6.07, 6.45) is -2.04. The first-order valence-electron chi connectivity index (χ1n) is 7.08. The second-order valence-corrected chi connectivity index (χ2v) is 4.30. The highest BCUT2D eigenvalue weighted by Gasteiger charge is 2.09. The lowest BCUT2D eigenvalue weighted by Gasteiger charge is -2.03. The third-order valence-corrected chi connectivity index (χ3v) is 1.86. The summed E-state index contributed by atoms with van der Waals surface area (Å²) in [5, 5.41) is 32.8. The van der Waals surface area contributed by atoms with Gasteiger partial charge in [0.25, 0.3) is 0 Å². The third-order valence-electron chi connectivity index (χ3n) is 1.86. The first kappa shape index (κ1) is 25.7. The number of rotatable bonds is 6. The lowest BCUT2D eigenvalue weighted by atomic mass is 10.3. The van der Waals surface area contributed by atoms with Gasteiger partial charge in [0.2, 0.25) is 0 Å². The predicted molar refractivity (Wildman–Crippen MR) is 80.0 cm³/mol. The van der Waals surface area contributed by atoms with E-state index in [1.807, 2.05) is 0 Å². The van der Waals surface area contributed by atoms with Gasteiger partial charge in [-0.1, -0.05) is 0 Å². The van der Waals surface area contributed by atoms with E-state index in [4.69, 9.17) is 20.4 Å². The first-order chi connectivity index (χ1) is 10.1. The Kier molecular flexibility index (Phi) is 20.8. The molecular formula is C14H30O8. The van der Waals surface area contributed by atoms with E-state index in [9.17, 15) is 9.59 Å². The highest BCUT2D eigenvalue weighted by Crippen LogP contribution is 1.89. The van der Waals surface area contributed by atoms with Gasteiger partial charge >= 0.3 is 11.9 Å². The van der Waals surface area contributed by atoms with Crippen molar-refractivity contribution >= 4 is 11.9 Å². The molecule has 0 saturated heterocycles. The van der Waals surface area contributed by atoms with Crippen LogP contribution in [0, 0.1) is 0 Å². The zero-order chi connectivity index (χ0) is 18.1. The van der Waals surface area contributed by atoms with Crippen molar-refractivity contribution in [3.8, 4) is 0 Å². The SMILES string of the molecule is CC(O)C(C)O.CC(O)CO.CCOC(=O)CC(=O)OCC.